The third-order valence-electron chi connectivity index (χ3n) is 3.45. The van der Waals surface area contributed by atoms with Crippen LogP contribution in [0.3, 0.4) is 0 Å². The molecular formula is C16H18N2O3S. The van der Waals surface area contributed by atoms with Gasteiger partial charge >= 0.3 is 0 Å². The zero-order chi connectivity index (χ0) is 15.5. The monoisotopic (exact) mass is 318 g/mol. The van der Waals surface area contributed by atoms with E-state index in [4.69, 9.17) is 9.47 Å². The summed E-state index contributed by atoms with van der Waals surface area (Å²) >= 11 is 1.49. The first-order valence-electron chi connectivity index (χ1n) is 7.34. The Bertz CT molecular complexity index is 697. The lowest BCUT2D eigenvalue weighted by Crippen LogP contribution is -2.10. The quantitative estimate of drug-likeness (QED) is 0.906. The summed E-state index contributed by atoms with van der Waals surface area (Å²) in [5.41, 5.74) is 1.83. The summed E-state index contributed by atoms with van der Waals surface area (Å²) in [4.78, 5) is 17.4. The summed E-state index contributed by atoms with van der Waals surface area (Å²) < 4.78 is 10.7. The molecule has 22 heavy (non-hydrogen) atoms. The Morgan fingerprint density at radius 1 is 1.36 bits per heavy atom. The molecule has 116 valence electrons. The van der Waals surface area contributed by atoms with Crippen molar-refractivity contribution in [2.45, 2.75) is 33.1 Å². The minimum atomic E-state index is 0.0211. The average Bonchev–Trinajstić information content (AvgIpc) is 3.10. The summed E-state index contributed by atoms with van der Waals surface area (Å²) in [5.74, 6) is 1.51. The molecule has 0 saturated heterocycles. The molecule has 1 aliphatic rings. The lowest BCUT2D eigenvalue weighted by atomic mass is 10.1. The van der Waals surface area contributed by atoms with Gasteiger partial charge in [-0.2, -0.15) is 0 Å². The van der Waals surface area contributed by atoms with Crippen molar-refractivity contribution in [1.82, 2.24) is 4.98 Å². The number of benzene rings is 1. The highest BCUT2D eigenvalue weighted by molar-refractivity contribution is 7.16. The van der Waals surface area contributed by atoms with Crippen molar-refractivity contribution in [3.63, 3.8) is 0 Å². The largest absolute Gasteiger partial charge is 0.454 e. The Morgan fingerprint density at radius 2 is 2.18 bits per heavy atom. The van der Waals surface area contributed by atoms with Crippen LogP contribution in [0.25, 0.3) is 11.3 Å². The van der Waals surface area contributed by atoms with Gasteiger partial charge in [0.25, 0.3) is 0 Å². The van der Waals surface area contributed by atoms with Crippen LogP contribution in [0.5, 0.6) is 11.5 Å². The molecule has 0 spiro atoms. The van der Waals surface area contributed by atoms with Gasteiger partial charge in [0.1, 0.15) is 0 Å². The van der Waals surface area contributed by atoms with Crippen LogP contribution in [0.15, 0.2) is 18.2 Å². The van der Waals surface area contributed by atoms with Crippen LogP contribution in [-0.4, -0.2) is 17.7 Å². The van der Waals surface area contributed by atoms with E-state index in [9.17, 15) is 4.79 Å². The minimum absolute atomic E-state index is 0.0211. The number of amides is 1. The maximum atomic E-state index is 11.8. The van der Waals surface area contributed by atoms with Gasteiger partial charge in [-0.05, 0) is 31.5 Å². The number of hydrogen-bond acceptors (Lipinski definition) is 5. The van der Waals surface area contributed by atoms with E-state index in [1.165, 1.54) is 11.3 Å². The number of aryl methyl sites for hydroxylation is 1. The number of unbranched alkanes of at least 4 members (excludes halogenated alkanes) is 1. The van der Waals surface area contributed by atoms with Gasteiger partial charge in [0.15, 0.2) is 16.6 Å². The third kappa shape index (κ3) is 3.06. The number of fused-ring (bicyclic) bond motifs is 1. The molecule has 0 bridgehead atoms. The summed E-state index contributed by atoms with van der Waals surface area (Å²) in [7, 11) is 0. The SMILES string of the molecule is CCCCC(=O)Nc1nc(-c2ccc3c(c2)OCO3)c(C)s1. The molecule has 5 nitrogen and oxygen atoms in total. The van der Waals surface area contributed by atoms with Crippen LogP contribution >= 0.6 is 11.3 Å². The Morgan fingerprint density at radius 3 is 3.00 bits per heavy atom. The predicted octanol–water partition coefficient (Wildman–Crippen LogP) is 3.98. The number of carbonyl (C=O) groups is 1. The van der Waals surface area contributed by atoms with E-state index in [1.807, 2.05) is 25.1 Å². The molecule has 3 rings (SSSR count). The second kappa shape index (κ2) is 6.36. The second-order valence-corrected chi connectivity index (χ2v) is 6.35. The molecule has 0 radical (unpaired) electrons. The number of hydrogen-bond donors (Lipinski definition) is 1. The number of aromatic nitrogens is 1. The van der Waals surface area contributed by atoms with Crippen LogP contribution in [0.1, 0.15) is 31.1 Å². The van der Waals surface area contributed by atoms with E-state index in [-0.39, 0.29) is 12.7 Å². The lowest BCUT2D eigenvalue weighted by Gasteiger charge is -2.01. The van der Waals surface area contributed by atoms with Gasteiger partial charge in [-0.1, -0.05) is 13.3 Å². The molecule has 1 aromatic heterocycles. The van der Waals surface area contributed by atoms with Crippen molar-refractivity contribution in [1.29, 1.82) is 0 Å². The van der Waals surface area contributed by atoms with Crippen molar-refractivity contribution < 1.29 is 14.3 Å². The minimum Gasteiger partial charge on any atom is -0.454 e. The molecule has 1 aliphatic heterocycles. The number of rotatable bonds is 5. The van der Waals surface area contributed by atoms with Gasteiger partial charge in [0, 0.05) is 16.9 Å². The standard InChI is InChI=1S/C16H18N2O3S/c1-3-4-5-14(19)17-16-18-15(10(2)22-16)11-6-7-12-13(8-11)21-9-20-12/h6-8H,3-5,9H2,1-2H3,(H,17,18,19). The van der Waals surface area contributed by atoms with Crippen LogP contribution in [0.2, 0.25) is 0 Å². The number of thiazole rings is 1. The fourth-order valence-corrected chi connectivity index (χ4v) is 3.13. The van der Waals surface area contributed by atoms with Crippen molar-refractivity contribution in [2.75, 3.05) is 12.1 Å². The molecule has 0 unspecified atom stereocenters. The van der Waals surface area contributed by atoms with Crippen LogP contribution in [0, 0.1) is 6.92 Å². The zero-order valence-electron chi connectivity index (χ0n) is 12.6. The Balaban J connectivity index is 1.79. The predicted molar refractivity (Wildman–Crippen MR) is 86.6 cm³/mol. The smallest absolute Gasteiger partial charge is 0.231 e. The Labute approximate surface area is 133 Å². The van der Waals surface area contributed by atoms with Crippen LogP contribution in [0.4, 0.5) is 5.13 Å². The van der Waals surface area contributed by atoms with E-state index >= 15 is 0 Å². The van der Waals surface area contributed by atoms with Gasteiger partial charge in [-0.15, -0.1) is 11.3 Å². The van der Waals surface area contributed by atoms with E-state index < -0.39 is 0 Å². The second-order valence-electron chi connectivity index (χ2n) is 5.14. The van der Waals surface area contributed by atoms with Gasteiger partial charge in [0.05, 0.1) is 5.69 Å². The topological polar surface area (TPSA) is 60.5 Å². The summed E-state index contributed by atoms with van der Waals surface area (Å²) in [6, 6.07) is 5.77. The molecule has 1 N–H and O–H groups in total. The first-order chi connectivity index (χ1) is 10.7. The maximum absolute atomic E-state index is 11.8. The summed E-state index contributed by atoms with van der Waals surface area (Å²) in [6.45, 7) is 4.32. The van der Waals surface area contributed by atoms with Gasteiger partial charge < -0.3 is 14.8 Å². The molecule has 0 atom stereocenters. The molecule has 1 amide bonds. The number of ether oxygens (including phenoxy) is 2. The average molecular weight is 318 g/mol. The third-order valence-corrected chi connectivity index (χ3v) is 4.33. The van der Waals surface area contributed by atoms with Crippen molar-refractivity contribution in [2.24, 2.45) is 0 Å². The zero-order valence-corrected chi connectivity index (χ0v) is 13.5. The highest BCUT2D eigenvalue weighted by Gasteiger charge is 2.17. The maximum Gasteiger partial charge on any atom is 0.231 e. The molecule has 1 aromatic carbocycles. The Hall–Kier alpha value is -2.08. The molecule has 0 fully saturated rings. The Kier molecular flexibility index (Phi) is 4.29. The lowest BCUT2D eigenvalue weighted by molar-refractivity contribution is -0.116. The first kappa shape index (κ1) is 14.8. The van der Waals surface area contributed by atoms with Crippen molar-refractivity contribution >= 4 is 22.4 Å². The number of nitrogens with zero attached hydrogens (tertiary/aromatic N) is 1. The summed E-state index contributed by atoms with van der Waals surface area (Å²) in [5, 5.41) is 3.52. The summed E-state index contributed by atoms with van der Waals surface area (Å²) in [6.07, 6.45) is 2.44. The van der Waals surface area contributed by atoms with E-state index in [0.717, 1.165) is 40.5 Å². The van der Waals surface area contributed by atoms with Crippen molar-refractivity contribution in [3.05, 3.63) is 23.1 Å². The number of carbonyl (C=O) groups excluding carboxylic acids is 1. The highest BCUT2D eigenvalue weighted by Crippen LogP contribution is 2.38. The fourth-order valence-electron chi connectivity index (χ4n) is 2.28. The van der Waals surface area contributed by atoms with E-state index in [0.29, 0.717) is 11.6 Å². The van der Waals surface area contributed by atoms with E-state index in [2.05, 4.69) is 17.2 Å². The van der Waals surface area contributed by atoms with Gasteiger partial charge in [-0.25, -0.2) is 4.98 Å². The number of anilines is 1. The molecular weight excluding hydrogens is 300 g/mol. The van der Waals surface area contributed by atoms with Crippen molar-refractivity contribution in [3.8, 4) is 22.8 Å². The molecule has 0 saturated carbocycles. The fraction of sp³-hybridized carbons (Fsp3) is 0.375. The van der Waals surface area contributed by atoms with E-state index in [1.54, 1.807) is 0 Å². The number of nitrogens with one attached hydrogen (secondary N) is 1. The molecule has 0 aliphatic carbocycles. The molecule has 2 heterocycles. The molecule has 2 aromatic rings. The molecule has 6 heteroatoms. The van der Waals surface area contributed by atoms with Crippen LogP contribution in [-0.2, 0) is 4.79 Å². The highest BCUT2D eigenvalue weighted by atomic mass is 32.1. The first-order valence-corrected chi connectivity index (χ1v) is 8.16. The normalized spacial score (nSPS) is 12.5. The van der Waals surface area contributed by atoms with Crippen LogP contribution < -0.4 is 14.8 Å². The van der Waals surface area contributed by atoms with Gasteiger partial charge in [-0.3, -0.25) is 4.79 Å². The van der Waals surface area contributed by atoms with Gasteiger partial charge in [0.2, 0.25) is 12.7 Å².